The van der Waals surface area contributed by atoms with Gasteiger partial charge < -0.3 is 15.8 Å². The summed E-state index contributed by atoms with van der Waals surface area (Å²) in [7, 11) is 0. The lowest BCUT2D eigenvalue weighted by Gasteiger charge is -2.16. The number of halogens is 3. The topological polar surface area (TPSA) is 47.3 Å². The first-order valence-corrected chi connectivity index (χ1v) is 7.14. The highest BCUT2D eigenvalue weighted by Crippen LogP contribution is 2.34. The van der Waals surface area contributed by atoms with Crippen LogP contribution < -0.4 is 15.8 Å². The van der Waals surface area contributed by atoms with Gasteiger partial charge in [0.05, 0.1) is 23.2 Å². The van der Waals surface area contributed by atoms with Crippen LogP contribution in [0.5, 0.6) is 5.75 Å². The van der Waals surface area contributed by atoms with Gasteiger partial charge >= 0.3 is 0 Å². The van der Waals surface area contributed by atoms with Gasteiger partial charge in [0.25, 0.3) is 0 Å². The molecule has 0 aliphatic carbocycles. The number of ether oxygens (including phenoxy) is 1. The first kappa shape index (κ1) is 15.6. The van der Waals surface area contributed by atoms with Crippen LogP contribution in [-0.2, 0) is 0 Å². The van der Waals surface area contributed by atoms with Crippen molar-refractivity contribution in [3.63, 3.8) is 0 Å². The summed E-state index contributed by atoms with van der Waals surface area (Å²) in [4.78, 5) is 0. The fourth-order valence-corrected chi connectivity index (χ4v) is 2.21. The van der Waals surface area contributed by atoms with Crippen LogP contribution in [0.4, 0.5) is 25.8 Å². The normalized spacial score (nSPS) is 10.8. The van der Waals surface area contributed by atoms with Gasteiger partial charge in [0, 0.05) is 16.6 Å². The van der Waals surface area contributed by atoms with Crippen LogP contribution in [-0.4, -0.2) is 6.10 Å². The van der Waals surface area contributed by atoms with Crippen molar-refractivity contribution in [3.05, 3.63) is 46.4 Å². The molecular formula is C15H15BrF2N2O. The summed E-state index contributed by atoms with van der Waals surface area (Å²) in [6, 6.07) is 7.15. The van der Waals surface area contributed by atoms with Gasteiger partial charge in [-0.3, -0.25) is 0 Å². The molecule has 21 heavy (non-hydrogen) atoms. The Morgan fingerprint density at radius 1 is 1.19 bits per heavy atom. The zero-order valence-corrected chi connectivity index (χ0v) is 13.2. The van der Waals surface area contributed by atoms with Crippen LogP contribution in [0.1, 0.15) is 13.8 Å². The van der Waals surface area contributed by atoms with E-state index in [2.05, 4.69) is 21.2 Å². The van der Waals surface area contributed by atoms with Gasteiger partial charge in [0.15, 0.2) is 11.6 Å². The quantitative estimate of drug-likeness (QED) is 0.770. The maximum atomic E-state index is 13.8. The third-order valence-electron chi connectivity index (χ3n) is 2.69. The summed E-state index contributed by atoms with van der Waals surface area (Å²) < 4.78 is 33.5. The Hall–Kier alpha value is -1.82. The average molecular weight is 357 g/mol. The molecule has 2 rings (SSSR count). The molecule has 3 nitrogen and oxygen atoms in total. The molecule has 3 N–H and O–H groups in total. The molecule has 0 aliphatic rings. The third-order valence-corrected chi connectivity index (χ3v) is 3.35. The molecule has 6 heteroatoms. The Bertz CT molecular complexity index is 642. The first-order chi connectivity index (χ1) is 9.88. The Labute approximate surface area is 130 Å². The molecule has 2 aromatic carbocycles. The van der Waals surface area contributed by atoms with Gasteiger partial charge in [0.2, 0.25) is 0 Å². The summed E-state index contributed by atoms with van der Waals surface area (Å²) in [5.74, 6) is -0.937. The van der Waals surface area contributed by atoms with E-state index in [0.29, 0.717) is 10.2 Å². The molecule has 0 unspecified atom stereocenters. The molecule has 0 heterocycles. The van der Waals surface area contributed by atoms with Crippen molar-refractivity contribution in [2.75, 3.05) is 11.1 Å². The van der Waals surface area contributed by atoms with E-state index in [1.165, 1.54) is 12.1 Å². The van der Waals surface area contributed by atoms with Gasteiger partial charge in [-0.25, -0.2) is 8.78 Å². The van der Waals surface area contributed by atoms with E-state index in [4.69, 9.17) is 10.5 Å². The van der Waals surface area contributed by atoms with Crippen molar-refractivity contribution in [1.82, 2.24) is 0 Å². The van der Waals surface area contributed by atoms with Crippen molar-refractivity contribution in [1.29, 1.82) is 0 Å². The van der Waals surface area contributed by atoms with E-state index in [1.54, 1.807) is 26.0 Å². The predicted octanol–water partition coefficient (Wildman–Crippen LogP) is 4.84. The molecule has 0 saturated heterocycles. The zero-order chi connectivity index (χ0) is 15.6. The lowest BCUT2D eigenvalue weighted by Crippen LogP contribution is -2.08. The van der Waals surface area contributed by atoms with E-state index in [9.17, 15) is 8.78 Å². The number of rotatable bonds is 4. The highest BCUT2D eigenvalue weighted by Gasteiger charge is 2.13. The molecule has 0 aromatic heterocycles. The molecule has 0 amide bonds. The maximum absolute atomic E-state index is 13.8. The molecule has 112 valence electrons. The molecule has 0 fully saturated rings. The molecule has 0 bridgehead atoms. The van der Waals surface area contributed by atoms with Gasteiger partial charge in [-0.05, 0) is 41.9 Å². The Balaban J connectivity index is 2.40. The first-order valence-electron chi connectivity index (χ1n) is 6.35. The smallest absolute Gasteiger partial charge is 0.167 e. The Morgan fingerprint density at radius 2 is 1.90 bits per heavy atom. The highest BCUT2D eigenvalue weighted by molar-refractivity contribution is 9.10. The molecule has 2 aromatic rings. The van der Waals surface area contributed by atoms with Crippen LogP contribution in [0.25, 0.3) is 0 Å². The average Bonchev–Trinajstić information content (AvgIpc) is 2.38. The summed E-state index contributed by atoms with van der Waals surface area (Å²) in [5, 5.41) is 2.86. The number of para-hydroxylation sites is 1. The van der Waals surface area contributed by atoms with E-state index in [0.717, 1.165) is 6.07 Å². The molecule has 0 atom stereocenters. The Morgan fingerprint density at radius 3 is 2.52 bits per heavy atom. The molecule has 0 radical (unpaired) electrons. The minimum absolute atomic E-state index is 0.0640. The number of hydrogen-bond donors (Lipinski definition) is 2. The van der Waals surface area contributed by atoms with E-state index >= 15 is 0 Å². The van der Waals surface area contributed by atoms with Crippen molar-refractivity contribution in [2.45, 2.75) is 20.0 Å². The largest absolute Gasteiger partial charge is 0.488 e. The highest BCUT2D eigenvalue weighted by atomic mass is 79.9. The summed E-state index contributed by atoms with van der Waals surface area (Å²) in [6.07, 6.45) is -0.184. The number of nitrogens with two attached hydrogens (primary N) is 1. The fraction of sp³-hybridized carbons (Fsp3) is 0.200. The van der Waals surface area contributed by atoms with Crippen LogP contribution in [0.15, 0.2) is 34.8 Å². The van der Waals surface area contributed by atoms with Crippen molar-refractivity contribution in [3.8, 4) is 5.75 Å². The molecule has 0 saturated carbocycles. The predicted molar refractivity (Wildman–Crippen MR) is 84.0 cm³/mol. The maximum Gasteiger partial charge on any atom is 0.167 e. The van der Waals surface area contributed by atoms with Crippen molar-refractivity contribution >= 4 is 33.0 Å². The summed E-state index contributed by atoms with van der Waals surface area (Å²) in [6.45, 7) is 3.58. The molecule has 0 aliphatic heterocycles. The second-order valence-electron chi connectivity index (χ2n) is 4.76. The molecule has 0 spiro atoms. The lowest BCUT2D eigenvalue weighted by atomic mass is 10.2. The van der Waals surface area contributed by atoms with Crippen molar-refractivity contribution < 1.29 is 13.5 Å². The number of anilines is 3. The van der Waals surface area contributed by atoms with Crippen molar-refractivity contribution in [2.24, 2.45) is 0 Å². The summed E-state index contributed by atoms with van der Waals surface area (Å²) in [5.41, 5.74) is 6.54. The second kappa shape index (κ2) is 6.30. The second-order valence-corrected chi connectivity index (χ2v) is 5.61. The van der Waals surface area contributed by atoms with Gasteiger partial charge in [-0.1, -0.05) is 6.07 Å². The van der Waals surface area contributed by atoms with Crippen LogP contribution in [0, 0.1) is 11.6 Å². The minimum Gasteiger partial charge on any atom is -0.488 e. The standard InChI is InChI=1S/C15H15BrF2N2O/c1-8(2)21-14-7-13(12(19)6-11(14)18)20-15-9(16)4-3-5-10(15)17/h3-8,20H,19H2,1-2H3. The van der Waals surface area contributed by atoms with Gasteiger partial charge in [0.1, 0.15) is 5.82 Å². The van der Waals surface area contributed by atoms with Crippen LogP contribution >= 0.6 is 15.9 Å². The number of hydrogen-bond acceptors (Lipinski definition) is 3. The third kappa shape index (κ3) is 3.64. The number of benzene rings is 2. The zero-order valence-electron chi connectivity index (χ0n) is 11.6. The fourth-order valence-electron chi connectivity index (χ4n) is 1.77. The Kier molecular flexibility index (Phi) is 4.67. The van der Waals surface area contributed by atoms with Crippen LogP contribution in [0.3, 0.4) is 0 Å². The van der Waals surface area contributed by atoms with Gasteiger partial charge in [-0.2, -0.15) is 0 Å². The number of nitrogens with one attached hydrogen (secondary N) is 1. The van der Waals surface area contributed by atoms with E-state index < -0.39 is 11.6 Å². The number of nitrogen functional groups attached to an aromatic ring is 1. The SMILES string of the molecule is CC(C)Oc1cc(Nc2c(F)cccc2Br)c(N)cc1F. The minimum atomic E-state index is -0.556. The van der Waals surface area contributed by atoms with E-state index in [-0.39, 0.29) is 23.2 Å². The lowest BCUT2D eigenvalue weighted by molar-refractivity contribution is 0.231. The summed E-state index contributed by atoms with van der Waals surface area (Å²) >= 11 is 3.25. The molecular weight excluding hydrogens is 342 g/mol. The van der Waals surface area contributed by atoms with Crippen LogP contribution in [0.2, 0.25) is 0 Å². The van der Waals surface area contributed by atoms with E-state index in [1.807, 2.05) is 0 Å². The van der Waals surface area contributed by atoms with Gasteiger partial charge in [-0.15, -0.1) is 0 Å². The monoisotopic (exact) mass is 356 g/mol.